The van der Waals surface area contributed by atoms with Gasteiger partial charge in [-0.25, -0.2) is 0 Å². The number of carbonyl (C=O) groups excluding carboxylic acids is 1. The summed E-state index contributed by atoms with van der Waals surface area (Å²) >= 11 is 0. The van der Waals surface area contributed by atoms with Gasteiger partial charge in [-0.2, -0.15) is 0 Å². The first-order chi connectivity index (χ1) is 17.5. The average molecular weight is 506 g/mol. The van der Waals surface area contributed by atoms with Gasteiger partial charge in [0.25, 0.3) is 0 Å². The Hall–Kier alpha value is -3.12. The Balaban J connectivity index is 2.06. The fourth-order valence-electron chi connectivity index (χ4n) is 5.51. The Labute approximate surface area is 213 Å². The fraction of sp³-hybridized carbons (Fsp3) is 0.321. The van der Waals surface area contributed by atoms with Crippen LogP contribution in [0.4, 0.5) is 0 Å². The minimum absolute atomic E-state index is 0.384. The number of fused-ring (bicyclic) bond motifs is 1. The summed E-state index contributed by atoms with van der Waals surface area (Å²) in [4.78, 5) is 14.3. The molecule has 0 amide bonds. The van der Waals surface area contributed by atoms with Crippen molar-refractivity contribution in [2.24, 2.45) is 0 Å². The second-order valence-corrected chi connectivity index (χ2v) is 13.1. The van der Waals surface area contributed by atoms with Crippen LogP contribution in [0.15, 0.2) is 78.9 Å². The molecule has 190 valence electrons. The maximum atomic E-state index is 14.3. The number of nitrogens with zero attached hydrogens (tertiary/aromatic N) is 4. The van der Waals surface area contributed by atoms with Crippen molar-refractivity contribution in [3.8, 4) is 0 Å². The third kappa shape index (κ3) is 4.21. The number of hydrogen-bond acceptors (Lipinski definition) is 6. The van der Waals surface area contributed by atoms with Crippen molar-refractivity contribution in [2.75, 3.05) is 26.2 Å². The summed E-state index contributed by atoms with van der Waals surface area (Å²) in [6.45, 7) is 11.5. The van der Waals surface area contributed by atoms with Gasteiger partial charge in [0, 0.05) is 0 Å². The van der Waals surface area contributed by atoms with E-state index in [0.717, 1.165) is 37.0 Å². The van der Waals surface area contributed by atoms with Crippen molar-refractivity contribution < 1.29 is 9.32 Å². The summed E-state index contributed by atoms with van der Waals surface area (Å²) in [7, 11) is -3.80. The molecule has 0 aliphatic heterocycles. The zero-order valence-corrected chi connectivity index (χ0v) is 22.5. The van der Waals surface area contributed by atoms with Crippen molar-refractivity contribution in [2.45, 2.75) is 33.9 Å². The number of nitrogens with one attached hydrogen (secondary N) is 1. The molecular formula is C28H36N5O2P. The predicted molar refractivity (Wildman–Crippen MR) is 148 cm³/mol. The van der Waals surface area contributed by atoms with Gasteiger partial charge in [0.2, 0.25) is 0 Å². The van der Waals surface area contributed by atoms with Crippen LogP contribution in [0.2, 0.25) is 0 Å². The van der Waals surface area contributed by atoms with E-state index in [1.54, 1.807) is 6.07 Å². The van der Waals surface area contributed by atoms with Gasteiger partial charge < -0.3 is 0 Å². The number of aromatic nitrogens is 3. The third-order valence-corrected chi connectivity index (χ3v) is 13.3. The second-order valence-electron chi connectivity index (χ2n) is 8.75. The quantitative estimate of drug-likeness (QED) is 0.267. The van der Waals surface area contributed by atoms with Gasteiger partial charge in [0.15, 0.2) is 0 Å². The first-order valence-electron chi connectivity index (χ1n) is 12.7. The Morgan fingerprint density at radius 2 is 1.36 bits per heavy atom. The van der Waals surface area contributed by atoms with Crippen LogP contribution in [-0.2, 0) is 10.7 Å². The normalized spacial score (nSPS) is 13.1. The molecule has 0 aliphatic carbocycles. The molecule has 0 aliphatic rings. The van der Waals surface area contributed by atoms with Gasteiger partial charge in [-0.15, -0.1) is 0 Å². The molecule has 0 unspecified atom stereocenters. The number of aromatic amines is 1. The van der Waals surface area contributed by atoms with Gasteiger partial charge in [0.1, 0.15) is 0 Å². The molecule has 1 N–H and O–H groups in total. The summed E-state index contributed by atoms with van der Waals surface area (Å²) < 4.78 is 11.9. The summed E-state index contributed by atoms with van der Waals surface area (Å²) in [6, 6.07) is 26.2. The van der Waals surface area contributed by atoms with Gasteiger partial charge >= 0.3 is 214 Å². The monoisotopic (exact) mass is 505 g/mol. The molecule has 0 atom stereocenters. The standard InChI is InChI=1S/C28H36N5O2P/c1-5-32(6-2)36(33(7-3)8-4,24-18-13-10-14-19-24,22-23-16-11-9-12-17-23)35-28(34)25-20-15-21-26-27(25)30-31-29-26/h9-21H,5-8,22H2,1-4H3,(H,29,30,31). The summed E-state index contributed by atoms with van der Waals surface area (Å²) in [6.07, 6.45) is 0.584. The molecule has 36 heavy (non-hydrogen) atoms. The van der Waals surface area contributed by atoms with Crippen molar-refractivity contribution in [3.05, 3.63) is 90.0 Å². The van der Waals surface area contributed by atoms with E-state index < -0.39 is 7.13 Å². The number of H-pyrrole nitrogens is 1. The average Bonchev–Trinajstić information content (AvgIpc) is 3.40. The molecule has 0 saturated heterocycles. The van der Waals surface area contributed by atoms with Crippen LogP contribution in [0.5, 0.6) is 0 Å². The molecule has 3 aromatic carbocycles. The van der Waals surface area contributed by atoms with Gasteiger partial charge in [0.05, 0.1) is 0 Å². The minimum atomic E-state index is -3.80. The first kappa shape index (κ1) is 26.0. The zero-order chi connectivity index (χ0) is 25.6. The number of para-hydroxylation sites is 1. The number of rotatable bonds is 11. The van der Waals surface area contributed by atoms with Crippen molar-refractivity contribution >= 4 is 29.4 Å². The molecule has 0 fully saturated rings. The van der Waals surface area contributed by atoms with E-state index in [1.807, 2.05) is 48.5 Å². The van der Waals surface area contributed by atoms with Crippen LogP contribution in [0.1, 0.15) is 43.6 Å². The van der Waals surface area contributed by atoms with Gasteiger partial charge in [-0.3, -0.25) is 0 Å². The van der Waals surface area contributed by atoms with E-state index in [2.05, 4.69) is 76.7 Å². The Morgan fingerprint density at radius 3 is 1.94 bits per heavy atom. The number of hydrogen-bond donors (Lipinski definition) is 1. The third-order valence-electron chi connectivity index (χ3n) is 7.05. The second kappa shape index (κ2) is 10.9. The molecule has 1 heterocycles. The molecule has 4 aromatic rings. The van der Waals surface area contributed by atoms with Crippen LogP contribution < -0.4 is 5.30 Å². The van der Waals surface area contributed by atoms with Crippen LogP contribution in [0.25, 0.3) is 11.0 Å². The van der Waals surface area contributed by atoms with E-state index in [9.17, 15) is 4.79 Å². The molecular weight excluding hydrogens is 469 g/mol. The summed E-state index contributed by atoms with van der Waals surface area (Å²) in [5, 5.41) is 12.1. The zero-order valence-electron chi connectivity index (χ0n) is 21.6. The summed E-state index contributed by atoms with van der Waals surface area (Å²) in [5.41, 5.74) is 2.70. The Kier molecular flexibility index (Phi) is 7.84. The SMILES string of the molecule is CCN(CC)P(Cc1ccccc1)(OC(=O)c1cccc2n[nH]nc12)(c1ccccc1)N(CC)CC. The van der Waals surface area contributed by atoms with E-state index in [-0.39, 0.29) is 5.97 Å². The molecule has 1 aromatic heterocycles. The number of benzene rings is 3. The molecule has 0 bridgehead atoms. The molecule has 0 radical (unpaired) electrons. The van der Waals surface area contributed by atoms with Gasteiger partial charge in [-0.1, -0.05) is 0 Å². The first-order valence-corrected chi connectivity index (χ1v) is 14.9. The molecule has 0 saturated carbocycles. The maximum absolute atomic E-state index is 14.3. The predicted octanol–water partition coefficient (Wildman–Crippen LogP) is 5.62. The Morgan fingerprint density at radius 1 is 0.778 bits per heavy atom. The van der Waals surface area contributed by atoms with Crippen molar-refractivity contribution in [1.82, 2.24) is 24.8 Å². The number of carbonyl (C=O) groups is 1. The van der Waals surface area contributed by atoms with Crippen LogP contribution in [0.3, 0.4) is 0 Å². The van der Waals surface area contributed by atoms with Crippen LogP contribution >= 0.6 is 7.13 Å². The van der Waals surface area contributed by atoms with E-state index in [4.69, 9.17) is 4.52 Å². The van der Waals surface area contributed by atoms with Crippen molar-refractivity contribution in [3.63, 3.8) is 0 Å². The van der Waals surface area contributed by atoms with E-state index in [1.165, 1.54) is 0 Å². The van der Waals surface area contributed by atoms with E-state index in [0.29, 0.717) is 22.8 Å². The van der Waals surface area contributed by atoms with Crippen LogP contribution in [-0.4, -0.2) is 56.9 Å². The van der Waals surface area contributed by atoms with Crippen molar-refractivity contribution in [1.29, 1.82) is 0 Å². The fourth-order valence-corrected chi connectivity index (χ4v) is 11.9. The topological polar surface area (TPSA) is 74.3 Å². The van der Waals surface area contributed by atoms with Gasteiger partial charge in [-0.05, 0) is 0 Å². The Bertz CT molecular complexity index is 1280. The molecule has 4 rings (SSSR count). The molecule has 0 spiro atoms. The molecule has 7 nitrogen and oxygen atoms in total. The van der Waals surface area contributed by atoms with Crippen LogP contribution in [0, 0.1) is 0 Å². The summed E-state index contributed by atoms with van der Waals surface area (Å²) in [5.74, 6) is -0.384. The molecule has 8 heteroatoms. The van der Waals surface area contributed by atoms with E-state index >= 15 is 0 Å².